The third kappa shape index (κ3) is 4.34. The minimum Gasteiger partial charge on any atom is -0.493 e. The van der Waals surface area contributed by atoms with Crippen LogP contribution in [0.1, 0.15) is 49.1 Å². The second-order valence-electron chi connectivity index (χ2n) is 7.53. The quantitative estimate of drug-likeness (QED) is 0.614. The van der Waals surface area contributed by atoms with E-state index in [2.05, 4.69) is 16.9 Å². The van der Waals surface area contributed by atoms with Crippen molar-refractivity contribution in [2.24, 2.45) is 5.92 Å². The molecule has 0 radical (unpaired) electrons. The van der Waals surface area contributed by atoms with Crippen molar-refractivity contribution in [2.75, 3.05) is 6.61 Å². The Morgan fingerprint density at radius 3 is 2.93 bits per heavy atom. The van der Waals surface area contributed by atoms with Crippen molar-refractivity contribution >= 4 is 27.5 Å². The predicted octanol–water partition coefficient (Wildman–Crippen LogP) is 4.18. The second kappa shape index (κ2) is 8.37. The smallest absolute Gasteiger partial charge is 0.309 e. The summed E-state index contributed by atoms with van der Waals surface area (Å²) in [7, 11) is 0. The molecule has 29 heavy (non-hydrogen) atoms. The number of nitrogens with zero attached hydrogens (tertiary/aromatic N) is 1. The van der Waals surface area contributed by atoms with Gasteiger partial charge in [-0.25, -0.2) is 4.98 Å². The number of benzene rings is 1. The van der Waals surface area contributed by atoms with Crippen LogP contribution in [-0.2, 0) is 22.4 Å². The van der Waals surface area contributed by atoms with Crippen LogP contribution in [0.3, 0.4) is 0 Å². The number of aromatic nitrogens is 2. The molecule has 0 spiro atoms. The highest BCUT2D eigenvalue weighted by molar-refractivity contribution is 7.18. The van der Waals surface area contributed by atoms with Gasteiger partial charge in [0, 0.05) is 4.88 Å². The Labute approximate surface area is 172 Å². The molecule has 0 bridgehead atoms. The minimum absolute atomic E-state index is 0.122. The van der Waals surface area contributed by atoms with Gasteiger partial charge in [0.25, 0.3) is 5.56 Å². The Morgan fingerprint density at radius 2 is 2.14 bits per heavy atom. The molecule has 0 saturated heterocycles. The van der Waals surface area contributed by atoms with E-state index in [-0.39, 0.29) is 18.6 Å². The van der Waals surface area contributed by atoms with Crippen molar-refractivity contribution in [2.45, 2.75) is 45.6 Å². The van der Waals surface area contributed by atoms with Crippen LogP contribution in [0.15, 0.2) is 35.1 Å². The molecule has 7 heteroatoms. The van der Waals surface area contributed by atoms with Gasteiger partial charge >= 0.3 is 5.97 Å². The summed E-state index contributed by atoms with van der Waals surface area (Å²) in [5, 5.41) is 0.704. The van der Waals surface area contributed by atoms with Crippen molar-refractivity contribution in [3.63, 3.8) is 0 Å². The molecule has 0 saturated carbocycles. The van der Waals surface area contributed by atoms with Crippen molar-refractivity contribution in [1.29, 1.82) is 0 Å². The van der Waals surface area contributed by atoms with Gasteiger partial charge in [-0.2, -0.15) is 0 Å². The Morgan fingerprint density at radius 1 is 1.34 bits per heavy atom. The monoisotopic (exact) mass is 412 g/mol. The molecule has 0 fully saturated rings. The van der Waals surface area contributed by atoms with Gasteiger partial charge in [-0.1, -0.05) is 25.1 Å². The van der Waals surface area contributed by atoms with Crippen LogP contribution in [0.25, 0.3) is 10.2 Å². The van der Waals surface area contributed by atoms with Gasteiger partial charge in [0.15, 0.2) is 11.9 Å². The first-order valence-electron chi connectivity index (χ1n) is 9.93. The first kappa shape index (κ1) is 19.6. The van der Waals surface area contributed by atoms with Crippen LogP contribution in [0, 0.1) is 5.92 Å². The number of fused-ring (bicyclic) bond motifs is 3. The molecule has 1 N–H and O–H groups in total. The summed E-state index contributed by atoms with van der Waals surface area (Å²) < 4.78 is 11.0. The number of thiophene rings is 1. The molecular weight excluding hydrogens is 388 g/mol. The molecule has 0 amide bonds. The fourth-order valence-electron chi connectivity index (χ4n) is 3.64. The molecule has 1 aromatic carbocycles. The van der Waals surface area contributed by atoms with Gasteiger partial charge in [0.1, 0.15) is 10.6 Å². The minimum atomic E-state index is -0.630. The van der Waals surface area contributed by atoms with Gasteiger partial charge < -0.3 is 14.5 Å². The Balaban J connectivity index is 1.42. The summed E-state index contributed by atoms with van der Waals surface area (Å²) in [6, 6.07) is 9.31. The fourth-order valence-corrected chi connectivity index (χ4v) is 5.03. The lowest BCUT2D eigenvalue weighted by Gasteiger charge is -2.17. The predicted molar refractivity (Wildman–Crippen MR) is 112 cm³/mol. The average molecular weight is 413 g/mol. The van der Waals surface area contributed by atoms with Gasteiger partial charge in [0.05, 0.1) is 18.4 Å². The standard InChI is InChI=1S/C22H24N2O4S/c1-13-8-9-16-17(12-13)29-22-19(16)21(26)23-20(24-22)14(2)28-18(25)10-11-27-15-6-4-3-5-7-15/h3-7,13-14H,8-12H2,1-2H3,(H,23,24,26)/t13-,14+/m1/s1. The summed E-state index contributed by atoms with van der Waals surface area (Å²) in [4.78, 5) is 34.2. The van der Waals surface area contributed by atoms with Crippen molar-refractivity contribution in [1.82, 2.24) is 9.97 Å². The first-order chi connectivity index (χ1) is 14.0. The number of hydrogen-bond acceptors (Lipinski definition) is 6. The maximum Gasteiger partial charge on any atom is 0.309 e. The summed E-state index contributed by atoms with van der Waals surface area (Å²) in [5.41, 5.74) is 0.999. The van der Waals surface area contributed by atoms with Crippen LogP contribution in [0.4, 0.5) is 0 Å². The number of ether oxygens (including phenoxy) is 2. The fraction of sp³-hybridized carbons (Fsp3) is 0.409. The van der Waals surface area contributed by atoms with Gasteiger partial charge in [-0.15, -0.1) is 11.3 Å². The van der Waals surface area contributed by atoms with E-state index >= 15 is 0 Å². The largest absolute Gasteiger partial charge is 0.493 e. The number of aromatic amines is 1. The van der Waals surface area contributed by atoms with E-state index in [1.54, 1.807) is 18.3 Å². The molecule has 0 unspecified atom stereocenters. The van der Waals surface area contributed by atoms with Gasteiger partial charge in [-0.05, 0) is 49.8 Å². The van der Waals surface area contributed by atoms with Crippen molar-refractivity contribution in [3.8, 4) is 5.75 Å². The maximum absolute atomic E-state index is 12.7. The van der Waals surface area contributed by atoms with Crippen LogP contribution in [0.2, 0.25) is 0 Å². The summed E-state index contributed by atoms with van der Waals surface area (Å²) in [6.45, 7) is 4.18. The summed E-state index contributed by atoms with van der Waals surface area (Å²) >= 11 is 1.59. The van der Waals surface area contributed by atoms with Gasteiger partial charge in [-0.3, -0.25) is 9.59 Å². The van der Waals surface area contributed by atoms with E-state index in [4.69, 9.17) is 9.47 Å². The number of rotatable bonds is 6. The normalized spacial score (nSPS) is 17.0. The zero-order valence-electron chi connectivity index (χ0n) is 16.6. The third-order valence-corrected chi connectivity index (χ3v) is 6.34. The highest BCUT2D eigenvalue weighted by Gasteiger charge is 2.24. The number of para-hydroxylation sites is 1. The second-order valence-corrected chi connectivity index (χ2v) is 8.61. The lowest BCUT2D eigenvalue weighted by molar-refractivity contribution is -0.149. The van der Waals surface area contributed by atoms with Gasteiger partial charge in [0.2, 0.25) is 0 Å². The summed E-state index contributed by atoms with van der Waals surface area (Å²) in [5.74, 6) is 1.33. The lowest BCUT2D eigenvalue weighted by atomic mass is 9.89. The van der Waals surface area contributed by atoms with E-state index in [1.807, 2.05) is 30.3 Å². The summed E-state index contributed by atoms with van der Waals surface area (Å²) in [6.07, 6.45) is 2.51. The molecule has 0 aliphatic heterocycles. The molecule has 152 valence electrons. The molecule has 2 aromatic heterocycles. The van der Waals surface area contributed by atoms with Crippen molar-refractivity contribution < 1.29 is 14.3 Å². The molecule has 4 rings (SSSR count). The molecule has 2 atom stereocenters. The average Bonchev–Trinajstić information content (AvgIpc) is 3.06. The van der Waals surface area contributed by atoms with Crippen LogP contribution >= 0.6 is 11.3 Å². The number of nitrogens with one attached hydrogen (secondary N) is 1. The SMILES string of the molecule is C[C@@H]1CCc2c(sc3nc([C@H](C)OC(=O)CCOc4ccccc4)[nH]c(=O)c23)C1. The maximum atomic E-state index is 12.7. The molecule has 1 aliphatic carbocycles. The zero-order chi connectivity index (χ0) is 20.4. The Kier molecular flexibility index (Phi) is 5.67. The van der Waals surface area contributed by atoms with E-state index < -0.39 is 12.1 Å². The number of aryl methyl sites for hydroxylation is 1. The van der Waals surface area contributed by atoms with E-state index in [0.29, 0.717) is 22.9 Å². The molecule has 3 aromatic rings. The van der Waals surface area contributed by atoms with Crippen molar-refractivity contribution in [3.05, 3.63) is 57.0 Å². The van der Waals surface area contributed by atoms with E-state index in [0.717, 1.165) is 29.7 Å². The number of carbonyl (C=O) groups is 1. The molecule has 2 heterocycles. The Hall–Kier alpha value is -2.67. The highest BCUT2D eigenvalue weighted by Crippen LogP contribution is 2.35. The molecule has 1 aliphatic rings. The first-order valence-corrected chi connectivity index (χ1v) is 10.7. The van der Waals surface area contributed by atoms with E-state index in [9.17, 15) is 9.59 Å². The van der Waals surface area contributed by atoms with E-state index in [1.165, 1.54) is 4.88 Å². The lowest BCUT2D eigenvalue weighted by Crippen LogP contribution is -2.19. The Bertz CT molecular complexity index is 1070. The zero-order valence-corrected chi connectivity index (χ0v) is 17.4. The topological polar surface area (TPSA) is 81.3 Å². The van der Waals surface area contributed by atoms with Crippen LogP contribution in [-0.4, -0.2) is 22.5 Å². The number of hydrogen-bond donors (Lipinski definition) is 1. The highest BCUT2D eigenvalue weighted by atomic mass is 32.1. The number of carbonyl (C=O) groups excluding carboxylic acids is 1. The van der Waals surface area contributed by atoms with Crippen LogP contribution < -0.4 is 10.3 Å². The molecule has 6 nitrogen and oxygen atoms in total. The number of esters is 1. The van der Waals surface area contributed by atoms with Crippen LogP contribution in [0.5, 0.6) is 5.75 Å². The molecular formula is C22H24N2O4S. The number of H-pyrrole nitrogens is 1. The third-order valence-electron chi connectivity index (χ3n) is 5.20.